The van der Waals surface area contributed by atoms with Crippen LogP contribution in [0.3, 0.4) is 0 Å². The zero-order chi connectivity index (χ0) is 4.99. The molecular weight excluding hydrogens is 352 g/mol. The first kappa shape index (κ1) is 22.5. The van der Waals surface area contributed by atoms with Crippen LogP contribution in [0.5, 0.6) is 0 Å². The summed E-state index contributed by atoms with van der Waals surface area (Å²) in [5.74, 6) is 0.676. The molecule has 0 amide bonds. The van der Waals surface area contributed by atoms with E-state index in [0.717, 1.165) is 6.61 Å². The molecule has 0 aromatic heterocycles. The second-order valence-electron chi connectivity index (χ2n) is 1.70. The summed E-state index contributed by atoms with van der Waals surface area (Å²) in [6.45, 7) is 5.13. The minimum atomic E-state index is 0. The summed E-state index contributed by atoms with van der Waals surface area (Å²) >= 11 is 1.72. The Bertz CT molecular complexity index is 37.0. The number of hydrogen-bond donors (Lipinski definition) is 0. The van der Waals surface area contributed by atoms with Crippen molar-refractivity contribution in [1.82, 2.24) is 0 Å². The van der Waals surface area contributed by atoms with E-state index in [0.29, 0.717) is 5.92 Å². The zero-order valence-electron chi connectivity index (χ0n) is 5.42. The van der Waals surface area contributed by atoms with Crippen molar-refractivity contribution in [3.05, 3.63) is 0 Å². The van der Waals surface area contributed by atoms with Gasteiger partial charge in [-0.25, -0.2) is 0 Å². The molecule has 0 unspecified atom stereocenters. The van der Waals surface area contributed by atoms with Gasteiger partial charge in [0.15, 0.2) is 0 Å². The SMILES string of the molecule is Br.Br.Br.CC(C)C[O][Ti]. The summed E-state index contributed by atoms with van der Waals surface area (Å²) in [6, 6.07) is 0. The second-order valence-corrected chi connectivity index (χ2v) is 2.16. The van der Waals surface area contributed by atoms with Crippen molar-refractivity contribution in [3.63, 3.8) is 0 Å². The first-order valence-corrected chi connectivity index (χ1v) is 2.69. The van der Waals surface area contributed by atoms with E-state index >= 15 is 0 Å². The van der Waals surface area contributed by atoms with Crippen LogP contribution in [-0.4, -0.2) is 6.61 Å². The van der Waals surface area contributed by atoms with Crippen LogP contribution in [0.2, 0.25) is 0 Å². The average Bonchev–Trinajstić information content (AvgIpc) is 1.35. The van der Waals surface area contributed by atoms with Crippen LogP contribution in [0, 0.1) is 5.92 Å². The van der Waals surface area contributed by atoms with E-state index in [1.54, 1.807) is 20.8 Å². The van der Waals surface area contributed by atoms with Crippen LogP contribution in [0.4, 0.5) is 0 Å². The summed E-state index contributed by atoms with van der Waals surface area (Å²) < 4.78 is 4.80. The molecule has 0 aromatic rings. The van der Waals surface area contributed by atoms with Gasteiger partial charge in [0.1, 0.15) is 0 Å². The van der Waals surface area contributed by atoms with E-state index in [-0.39, 0.29) is 50.9 Å². The molecule has 0 spiro atoms. The first-order valence-electron chi connectivity index (χ1n) is 2.06. The molecular formula is C4H12Br3OTi. The number of hydrogen-bond acceptors (Lipinski definition) is 1. The topological polar surface area (TPSA) is 9.23 Å². The Kier molecular flexibility index (Phi) is 41.4. The van der Waals surface area contributed by atoms with Gasteiger partial charge in [-0.1, -0.05) is 0 Å². The monoisotopic (exact) mass is 361 g/mol. The van der Waals surface area contributed by atoms with Gasteiger partial charge in [0.2, 0.25) is 0 Å². The fourth-order valence-electron chi connectivity index (χ4n) is 0.167. The molecule has 5 heteroatoms. The molecule has 0 saturated heterocycles. The summed E-state index contributed by atoms with van der Waals surface area (Å²) in [5.41, 5.74) is 0. The molecule has 0 fully saturated rings. The van der Waals surface area contributed by atoms with Gasteiger partial charge in [0.25, 0.3) is 0 Å². The molecule has 59 valence electrons. The Balaban J connectivity index is -0.0000000417. The summed E-state index contributed by atoms with van der Waals surface area (Å²) in [5, 5.41) is 0. The van der Waals surface area contributed by atoms with Crippen molar-refractivity contribution < 1.29 is 24.1 Å². The van der Waals surface area contributed by atoms with Crippen molar-refractivity contribution in [2.24, 2.45) is 5.92 Å². The fraction of sp³-hybridized carbons (Fsp3) is 1.00. The Morgan fingerprint density at radius 3 is 1.56 bits per heavy atom. The Hall–Kier alpha value is 2.11. The molecule has 0 heterocycles. The van der Waals surface area contributed by atoms with E-state index in [4.69, 9.17) is 3.32 Å². The average molecular weight is 364 g/mol. The van der Waals surface area contributed by atoms with E-state index in [2.05, 4.69) is 13.8 Å². The van der Waals surface area contributed by atoms with E-state index in [1.807, 2.05) is 0 Å². The molecule has 0 aliphatic rings. The quantitative estimate of drug-likeness (QED) is 0.686. The number of halogens is 3. The van der Waals surface area contributed by atoms with Gasteiger partial charge in [-0.2, -0.15) is 0 Å². The summed E-state index contributed by atoms with van der Waals surface area (Å²) in [4.78, 5) is 0. The normalized spacial score (nSPS) is 6.44. The van der Waals surface area contributed by atoms with Crippen molar-refractivity contribution in [3.8, 4) is 0 Å². The van der Waals surface area contributed by atoms with Crippen LogP contribution >= 0.6 is 50.9 Å². The predicted molar refractivity (Wildman–Crippen MR) is 51.8 cm³/mol. The van der Waals surface area contributed by atoms with Gasteiger partial charge in [0.05, 0.1) is 0 Å². The standard InChI is InChI=1S/C4H9O.3BrH.Ti/c1-4(2)3-5;;;;/h4H,3H2,1-2H3;3*1H;/q-1;;;;+1. The van der Waals surface area contributed by atoms with Crippen molar-refractivity contribution >= 4 is 50.9 Å². The van der Waals surface area contributed by atoms with Crippen molar-refractivity contribution in [1.29, 1.82) is 0 Å². The van der Waals surface area contributed by atoms with Gasteiger partial charge in [-0.05, 0) is 0 Å². The van der Waals surface area contributed by atoms with Crippen LogP contribution in [-0.2, 0) is 24.1 Å². The van der Waals surface area contributed by atoms with Crippen LogP contribution in [0.1, 0.15) is 13.8 Å². The van der Waals surface area contributed by atoms with Gasteiger partial charge < -0.3 is 0 Å². The van der Waals surface area contributed by atoms with Gasteiger partial charge >= 0.3 is 50.5 Å². The van der Waals surface area contributed by atoms with Gasteiger partial charge in [0, 0.05) is 0 Å². The van der Waals surface area contributed by atoms with Gasteiger partial charge in [-0.3, -0.25) is 0 Å². The molecule has 0 saturated carbocycles. The van der Waals surface area contributed by atoms with Crippen LogP contribution in [0.15, 0.2) is 0 Å². The maximum absolute atomic E-state index is 4.80. The molecule has 0 aliphatic heterocycles. The second kappa shape index (κ2) is 16.6. The van der Waals surface area contributed by atoms with Gasteiger partial charge in [-0.15, -0.1) is 50.9 Å². The molecule has 9 heavy (non-hydrogen) atoms. The molecule has 0 rings (SSSR count). The van der Waals surface area contributed by atoms with E-state index < -0.39 is 0 Å². The molecule has 0 N–H and O–H groups in total. The summed E-state index contributed by atoms with van der Waals surface area (Å²) in [6.07, 6.45) is 0. The Morgan fingerprint density at radius 2 is 1.56 bits per heavy atom. The molecule has 0 aliphatic carbocycles. The molecule has 0 radical (unpaired) electrons. The van der Waals surface area contributed by atoms with Crippen LogP contribution < -0.4 is 0 Å². The van der Waals surface area contributed by atoms with E-state index in [9.17, 15) is 0 Å². The third kappa shape index (κ3) is 25.5. The van der Waals surface area contributed by atoms with Crippen molar-refractivity contribution in [2.45, 2.75) is 13.8 Å². The number of rotatable bonds is 2. The zero-order valence-corrected chi connectivity index (χ0v) is 12.1. The molecule has 1 nitrogen and oxygen atoms in total. The molecule has 0 atom stereocenters. The third-order valence-corrected chi connectivity index (χ3v) is 0.677. The predicted octanol–water partition coefficient (Wildman–Crippen LogP) is 2.85. The Labute approximate surface area is 100 Å². The van der Waals surface area contributed by atoms with E-state index in [1.165, 1.54) is 0 Å². The Morgan fingerprint density at radius 1 is 1.22 bits per heavy atom. The third-order valence-electron chi connectivity index (χ3n) is 0.417. The van der Waals surface area contributed by atoms with Crippen LogP contribution in [0.25, 0.3) is 0 Å². The summed E-state index contributed by atoms with van der Waals surface area (Å²) in [7, 11) is 0. The fourth-order valence-corrected chi connectivity index (χ4v) is 0.687. The van der Waals surface area contributed by atoms with Crippen molar-refractivity contribution in [2.75, 3.05) is 6.61 Å². The maximum atomic E-state index is 4.80. The minimum absolute atomic E-state index is 0. The first-order chi connectivity index (χ1) is 2.77. The molecule has 0 bridgehead atoms. The molecule has 0 aromatic carbocycles.